The molecule has 2 aromatic heterocycles. The SMILES string of the molecule is CC(C)(C)OC(=O)Nc1sc2c(F)ccc(-c3c(F)cc4c5c3cnn5CC3CN(C(=O)OC(C)(C)C)CCN3C4=O)c2c1C#N. The Morgan fingerprint density at radius 1 is 1.04 bits per heavy atom. The van der Waals surface area contributed by atoms with Crippen molar-refractivity contribution in [3.05, 3.63) is 47.2 Å². The number of nitrogens with one attached hydrogen (secondary N) is 1. The Kier molecular flexibility index (Phi) is 7.43. The van der Waals surface area contributed by atoms with Crippen LogP contribution in [-0.4, -0.2) is 74.6 Å². The number of fused-ring (bicyclic) bond motifs is 2. The van der Waals surface area contributed by atoms with Crippen LogP contribution in [-0.2, 0) is 16.0 Å². The second-order valence-corrected chi connectivity index (χ2v) is 14.3. The van der Waals surface area contributed by atoms with Gasteiger partial charge in [0, 0.05) is 36.0 Å². The summed E-state index contributed by atoms with van der Waals surface area (Å²) in [4.78, 5) is 42.4. The van der Waals surface area contributed by atoms with Crippen molar-refractivity contribution in [3.8, 4) is 17.2 Å². The van der Waals surface area contributed by atoms with Crippen LogP contribution in [0.1, 0.15) is 57.5 Å². The molecule has 14 heteroatoms. The number of anilines is 1. The van der Waals surface area contributed by atoms with Crippen molar-refractivity contribution >= 4 is 55.4 Å². The summed E-state index contributed by atoms with van der Waals surface area (Å²) in [7, 11) is 0. The van der Waals surface area contributed by atoms with E-state index in [1.165, 1.54) is 18.3 Å². The molecular weight excluding hydrogens is 618 g/mol. The fourth-order valence-electron chi connectivity index (χ4n) is 5.92. The minimum atomic E-state index is -0.824. The number of aromatic nitrogens is 2. The van der Waals surface area contributed by atoms with Crippen molar-refractivity contribution in [2.45, 2.75) is 65.3 Å². The van der Waals surface area contributed by atoms with Gasteiger partial charge in [0.05, 0.1) is 40.1 Å². The number of hydrogen-bond donors (Lipinski definition) is 1. The summed E-state index contributed by atoms with van der Waals surface area (Å²) in [5, 5.41) is 17.7. The Labute approximate surface area is 267 Å². The van der Waals surface area contributed by atoms with E-state index >= 15 is 8.78 Å². The summed E-state index contributed by atoms with van der Waals surface area (Å²) in [6, 6.07) is 5.28. The number of carbonyl (C=O) groups is 3. The van der Waals surface area contributed by atoms with E-state index in [1.54, 1.807) is 56.0 Å². The molecule has 2 aliphatic heterocycles. The lowest BCUT2D eigenvalue weighted by Crippen LogP contribution is -2.57. The van der Waals surface area contributed by atoms with Gasteiger partial charge in [-0.05, 0) is 59.2 Å². The third-order valence-electron chi connectivity index (χ3n) is 7.67. The molecule has 1 fully saturated rings. The van der Waals surface area contributed by atoms with Gasteiger partial charge in [-0.1, -0.05) is 6.07 Å². The summed E-state index contributed by atoms with van der Waals surface area (Å²) in [5.41, 5.74) is -0.811. The molecule has 240 valence electrons. The largest absolute Gasteiger partial charge is 0.444 e. The van der Waals surface area contributed by atoms with E-state index in [0.29, 0.717) is 10.9 Å². The summed E-state index contributed by atoms with van der Waals surface area (Å²) in [5.74, 6) is -1.81. The molecule has 0 aliphatic carbocycles. The number of halogens is 2. The number of nitrogens with zero attached hydrogens (tertiary/aromatic N) is 5. The van der Waals surface area contributed by atoms with Gasteiger partial charge in [-0.2, -0.15) is 10.4 Å². The summed E-state index contributed by atoms with van der Waals surface area (Å²) in [6.45, 7) is 11.3. The molecule has 4 heterocycles. The minimum Gasteiger partial charge on any atom is -0.444 e. The first-order valence-electron chi connectivity index (χ1n) is 14.7. The highest BCUT2D eigenvalue weighted by molar-refractivity contribution is 7.23. The van der Waals surface area contributed by atoms with Crippen LogP contribution in [0.4, 0.5) is 23.4 Å². The minimum absolute atomic E-state index is 0.0381. The van der Waals surface area contributed by atoms with Crippen LogP contribution in [0.2, 0.25) is 0 Å². The number of piperazine rings is 1. The topological polar surface area (TPSA) is 130 Å². The van der Waals surface area contributed by atoms with Crippen LogP contribution < -0.4 is 5.32 Å². The predicted octanol–water partition coefficient (Wildman–Crippen LogP) is 6.49. The van der Waals surface area contributed by atoms with Crippen LogP contribution in [0, 0.1) is 23.0 Å². The molecule has 3 amide bonds. The number of ether oxygens (including phenoxy) is 2. The summed E-state index contributed by atoms with van der Waals surface area (Å²) in [6.07, 6.45) is 0.141. The first-order valence-corrected chi connectivity index (χ1v) is 15.5. The normalized spacial score (nSPS) is 16.7. The van der Waals surface area contributed by atoms with Gasteiger partial charge in [-0.25, -0.2) is 18.4 Å². The van der Waals surface area contributed by atoms with Crippen LogP contribution in [0.3, 0.4) is 0 Å². The Morgan fingerprint density at radius 3 is 2.43 bits per heavy atom. The molecule has 2 aromatic carbocycles. The van der Waals surface area contributed by atoms with Gasteiger partial charge in [0.2, 0.25) is 0 Å². The second kappa shape index (κ2) is 10.9. The highest BCUT2D eigenvalue weighted by atomic mass is 32.1. The van der Waals surface area contributed by atoms with E-state index in [2.05, 4.69) is 10.4 Å². The molecular formula is C32H32F2N6O5S. The molecule has 0 bridgehead atoms. The van der Waals surface area contributed by atoms with Gasteiger partial charge >= 0.3 is 12.2 Å². The van der Waals surface area contributed by atoms with Crippen molar-refractivity contribution in [3.63, 3.8) is 0 Å². The first kappa shape index (κ1) is 31.2. The average Bonchev–Trinajstić information content (AvgIpc) is 3.49. The number of benzene rings is 2. The van der Waals surface area contributed by atoms with Crippen molar-refractivity contribution in [2.24, 2.45) is 0 Å². The smallest absolute Gasteiger partial charge is 0.412 e. The molecule has 1 N–H and O–H groups in total. The standard InChI is InChI=1S/C32H32F2N6O5S/c1-31(2,3)44-29(42)37-27-19(12-35)24-17(7-8-21(33)26(24)46-27)23-20-13-36-40-15-16-14-38(30(43)45-32(4,5)6)9-10-39(16)28(41)18(25(20)40)11-22(23)34/h7-8,11,13,16H,9-10,14-15H2,1-6H3,(H,37,42). The molecule has 2 aliphatic rings. The zero-order chi connectivity index (χ0) is 33.3. The zero-order valence-electron chi connectivity index (χ0n) is 26.2. The molecule has 0 radical (unpaired) electrons. The Hall–Kier alpha value is -4.77. The van der Waals surface area contributed by atoms with E-state index in [4.69, 9.17) is 9.47 Å². The quantitative estimate of drug-likeness (QED) is 0.263. The van der Waals surface area contributed by atoms with Gasteiger partial charge in [0.1, 0.15) is 33.9 Å². The molecule has 1 unspecified atom stereocenters. The third kappa shape index (κ3) is 5.49. The van der Waals surface area contributed by atoms with Crippen molar-refractivity contribution in [1.82, 2.24) is 19.6 Å². The van der Waals surface area contributed by atoms with Gasteiger partial charge < -0.3 is 19.3 Å². The highest BCUT2D eigenvalue weighted by Crippen LogP contribution is 2.45. The maximum Gasteiger partial charge on any atom is 0.412 e. The molecule has 1 saturated heterocycles. The fraction of sp³-hybridized carbons (Fsp3) is 0.406. The zero-order valence-corrected chi connectivity index (χ0v) is 27.0. The van der Waals surface area contributed by atoms with E-state index in [1.807, 2.05) is 6.07 Å². The number of thiophene rings is 1. The first-order chi connectivity index (χ1) is 21.6. The monoisotopic (exact) mass is 650 g/mol. The Morgan fingerprint density at radius 2 is 1.76 bits per heavy atom. The van der Waals surface area contributed by atoms with E-state index in [0.717, 1.165) is 17.4 Å². The molecule has 46 heavy (non-hydrogen) atoms. The molecule has 6 rings (SSSR count). The number of hydrogen-bond acceptors (Lipinski definition) is 8. The van der Waals surface area contributed by atoms with Crippen LogP contribution in [0.25, 0.3) is 32.1 Å². The molecule has 11 nitrogen and oxygen atoms in total. The molecule has 0 saturated carbocycles. The van der Waals surface area contributed by atoms with Crippen molar-refractivity contribution in [1.29, 1.82) is 5.26 Å². The Bertz CT molecular complexity index is 1980. The number of rotatable bonds is 2. The highest BCUT2D eigenvalue weighted by Gasteiger charge is 2.39. The van der Waals surface area contributed by atoms with Crippen molar-refractivity contribution in [2.75, 3.05) is 25.0 Å². The fourth-order valence-corrected chi connectivity index (χ4v) is 6.99. The van der Waals surface area contributed by atoms with Crippen LogP contribution in [0.15, 0.2) is 24.4 Å². The van der Waals surface area contributed by atoms with E-state index in [-0.39, 0.29) is 63.5 Å². The average molecular weight is 651 g/mol. The van der Waals surface area contributed by atoms with Gasteiger partial charge in [-0.3, -0.25) is 14.8 Å². The van der Waals surface area contributed by atoms with Gasteiger partial charge in [0.15, 0.2) is 0 Å². The summed E-state index contributed by atoms with van der Waals surface area (Å²) >= 11 is 0.841. The number of carbonyl (C=O) groups excluding carboxylic acids is 3. The van der Waals surface area contributed by atoms with Crippen LogP contribution in [0.5, 0.6) is 0 Å². The maximum atomic E-state index is 16.3. The third-order valence-corrected chi connectivity index (χ3v) is 8.78. The maximum absolute atomic E-state index is 16.3. The number of amides is 3. The lowest BCUT2D eigenvalue weighted by atomic mass is 9.94. The van der Waals surface area contributed by atoms with E-state index < -0.39 is 47.0 Å². The molecule has 1 atom stereocenters. The van der Waals surface area contributed by atoms with Gasteiger partial charge in [-0.15, -0.1) is 11.3 Å². The van der Waals surface area contributed by atoms with Crippen LogP contribution >= 0.6 is 11.3 Å². The van der Waals surface area contributed by atoms with Crippen molar-refractivity contribution < 1.29 is 32.6 Å². The lowest BCUT2D eigenvalue weighted by Gasteiger charge is -2.40. The number of nitriles is 1. The lowest BCUT2D eigenvalue weighted by molar-refractivity contribution is 0.00289. The summed E-state index contributed by atoms with van der Waals surface area (Å²) < 4.78 is 44.0. The second-order valence-electron chi connectivity index (χ2n) is 13.3. The van der Waals surface area contributed by atoms with Gasteiger partial charge in [0.25, 0.3) is 5.91 Å². The predicted molar refractivity (Wildman–Crippen MR) is 168 cm³/mol. The van der Waals surface area contributed by atoms with E-state index in [9.17, 15) is 19.6 Å². The Balaban J connectivity index is 1.45. The molecule has 4 aromatic rings. The molecule has 0 spiro atoms.